The van der Waals surface area contributed by atoms with E-state index in [1.165, 1.54) is 23.1 Å². The molecule has 0 spiro atoms. The van der Waals surface area contributed by atoms with Crippen LogP contribution in [0.2, 0.25) is 0 Å². The number of aromatic nitrogens is 3. The quantitative estimate of drug-likeness (QED) is 0.296. The van der Waals surface area contributed by atoms with Gasteiger partial charge < -0.3 is 15.0 Å². The van der Waals surface area contributed by atoms with E-state index in [9.17, 15) is 9.59 Å². The summed E-state index contributed by atoms with van der Waals surface area (Å²) in [5.41, 5.74) is 3.13. The van der Waals surface area contributed by atoms with Crippen molar-refractivity contribution in [3.8, 4) is 5.75 Å². The van der Waals surface area contributed by atoms with Crippen molar-refractivity contribution in [1.29, 1.82) is 0 Å². The van der Waals surface area contributed by atoms with E-state index in [0.29, 0.717) is 29.4 Å². The number of H-pyrrole nitrogens is 1. The number of thioether (sulfide) groups is 1. The number of nitrogens with one attached hydrogen (secondary N) is 2. The van der Waals surface area contributed by atoms with Gasteiger partial charge in [-0.3, -0.25) is 9.59 Å². The van der Waals surface area contributed by atoms with Gasteiger partial charge in [-0.1, -0.05) is 23.9 Å². The van der Waals surface area contributed by atoms with E-state index >= 15 is 0 Å². The second-order valence-electron chi connectivity index (χ2n) is 6.70. The van der Waals surface area contributed by atoms with Crippen molar-refractivity contribution in [1.82, 2.24) is 20.3 Å². The van der Waals surface area contributed by atoms with Gasteiger partial charge in [0.1, 0.15) is 11.6 Å². The van der Waals surface area contributed by atoms with E-state index < -0.39 is 0 Å². The number of ether oxygens (including phenoxy) is 1. The van der Waals surface area contributed by atoms with Crippen LogP contribution >= 0.6 is 23.1 Å². The average molecular weight is 453 g/mol. The average Bonchev–Trinajstić information content (AvgIpc) is 3.42. The Labute approximate surface area is 187 Å². The molecular formula is C22H20N4O3S2. The van der Waals surface area contributed by atoms with E-state index in [1.54, 1.807) is 31.4 Å². The Bertz CT molecular complexity index is 1170. The number of benzene rings is 2. The number of methoxy groups -OCH3 is 1. The Morgan fingerprint density at radius 2 is 1.94 bits per heavy atom. The van der Waals surface area contributed by atoms with Gasteiger partial charge in [-0.2, -0.15) is 0 Å². The van der Waals surface area contributed by atoms with Gasteiger partial charge in [-0.25, -0.2) is 9.97 Å². The molecule has 7 nitrogen and oxygen atoms in total. The SMILES string of the molecule is COc1ccc(C(=O)CSc2nc(CC(=O)NCc3nc4ccccc4[nH]3)cs2)cc1. The second kappa shape index (κ2) is 9.76. The number of aromatic amines is 1. The zero-order chi connectivity index (χ0) is 21.6. The number of Topliss-reactive ketones (excluding diaryl/α,β-unsaturated/α-hetero) is 1. The summed E-state index contributed by atoms with van der Waals surface area (Å²) in [7, 11) is 1.59. The number of ketones is 1. The molecule has 0 atom stereocenters. The number of hydrogen-bond donors (Lipinski definition) is 2. The predicted molar refractivity (Wildman–Crippen MR) is 122 cm³/mol. The summed E-state index contributed by atoms with van der Waals surface area (Å²) < 4.78 is 5.87. The standard InChI is InChI=1S/C22H20N4O3S2/c1-29-16-8-6-14(7-9-16)19(27)13-31-22-24-15(12-30-22)10-21(28)23-11-20-25-17-4-2-3-5-18(17)26-20/h2-9,12H,10-11,13H2,1H3,(H,23,28)(H,25,26). The van der Waals surface area contributed by atoms with Crippen LogP contribution < -0.4 is 10.1 Å². The summed E-state index contributed by atoms with van der Waals surface area (Å²) in [5, 5.41) is 4.71. The van der Waals surface area contributed by atoms with Crippen LogP contribution in [0.15, 0.2) is 58.3 Å². The molecular weight excluding hydrogens is 432 g/mol. The minimum Gasteiger partial charge on any atom is -0.497 e. The fourth-order valence-electron chi connectivity index (χ4n) is 2.92. The first-order valence-corrected chi connectivity index (χ1v) is 11.4. The molecule has 0 aliphatic rings. The third-order valence-corrected chi connectivity index (χ3v) is 6.57. The van der Waals surface area contributed by atoms with E-state index in [4.69, 9.17) is 4.74 Å². The van der Waals surface area contributed by atoms with Gasteiger partial charge >= 0.3 is 0 Å². The maximum absolute atomic E-state index is 12.3. The molecule has 9 heteroatoms. The van der Waals surface area contributed by atoms with E-state index in [0.717, 1.165) is 15.4 Å². The molecule has 4 rings (SSSR count). The van der Waals surface area contributed by atoms with Crippen LogP contribution in [-0.2, 0) is 17.8 Å². The molecule has 31 heavy (non-hydrogen) atoms. The number of para-hydroxylation sites is 2. The van der Waals surface area contributed by atoms with Gasteiger partial charge in [-0.05, 0) is 36.4 Å². The minimum absolute atomic E-state index is 0.0213. The lowest BCUT2D eigenvalue weighted by Crippen LogP contribution is -2.25. The number of carbonyl (C=O) groups excluding carboxylic acids is 2. The van der Waals surface area contributed by atoms with Crippen LogP contribution in [0, 0.1) is 0 Å². The summed E-state index contributed by atoms with van der Waals surface area (Å²) in [5.74, 6) is 1.61. The molecule has 0 unspecified atom stereocenters. The van der Waals surface area contributed by atoms with Crippen LogP contribution in [0.1, 0.15) is 21.9 Å². The van der Waals surface area contributed by atoms with Gasteiger partial charge in [0.15, 0.2) is 10.1 Å². The van der Waals surface area contributed by atoms with Crippen LogP contribution in [0.4, 0.5) is 0 Å². The summed E-state index contributed by atoms with van der Waals surface area (Å²) in [4.78, 5) is 36.7. The molecule has 2 N–H and O–H groups in total. The molecule has 0 saturated heterocycles. The molecule has 2 heterocycles. The van der Waals surface area contributed by atoms with E-state index in [2.05, 4.69) is 20.3 Å². The van der Waals surface area contributed by atoms with Crippen molar-refractivity contribution < 1.29 is 14.3 Å². The minimum atomic E-state index is -0.128. The highest BCUT2D eigenvalue weighted by Crippen LogP contribution is 2.24. The fraction of sp³-hybridized carbons (Fsp3) is 0.182. The fourth-order valence-corrected chi connectivity index (χ4v) is 4.66. The third kappa shape index (κ3) is 5.50. The Morgan fingerprint density at radius 3 is 2.71 bits per heavy atom. The largest absolute Gasteiger partial charge is 0.497 e. The number of carbonyl (C=O) groups is 2. The topological polar surface area (TPSA) is 97.0 Å². The van der Waals surface area contributed by atoms with Crippen molar-refractivity contribution in [3.63, 3.8) is 0 Å². The van der Waals surface area contributed by atoms with Gasteiger partial charge in [-0.15, -0.1) is 11.3 Å². The van der Waals surface area contributed by atoms with Gasteiger partial charge in [0.2, 0.25) is 5.91 Å². The van der Waals surface area contributed by atoms with Crippen molar-refractivity contribution in [2.24, 2.45) is 0 Å². The molecule has 0 bridgehead atoms. The number of thiazole rings is 1. The molecule has 4 aromatic rings. The van der Waals surface area contributed by atoms with Crippen molar-refractivity contribution in [2.75, 3.05) is 12.9 Å². The lowest BCUT2D eigenvalue weighted by Gasteiger charge is -2.02. The Kier molecular flexibility index (Phi) is 6.63. The normalized spacial score (nSPS) is 10.9. The summed E-state index contributed by atoms with van der Waals surface area (Å²) >= 11 is 2.81. The summed E-state index contributed by atoms with van der Waals surface area (Å²) in [6, 6.07) is 14.8. The molecule has 1 amide bonds. The molecule has 2 aromatic carbocycles. The molecule has 0 saturated carbocycles. The third-order valence-electron chi connectivity index (χ3n) is 4.50. The predicted octanol–water partition coefficient (Wildman–Crippen LogP) is 3.86. The molecule has 0 aliphatic carbocycles. The first-order chi connectivity index (χ1) is 15.1. The van der Waals surface area contributed by atoms with Crippen LogP contribution in [0.3, 0.4) is 0 Å². The van der Waals surface area contributed by atoms with Crippen molar-refractivity contribution >= 4 is 45.8 Å². The van der Waals surface area contributed by atoms with Crippen LogP contribution in [0.25, 0.3) is 11.0 Å². The first-order valence-electron chi connectivity index (χ1n) is 9.55. The van der Waals surface area contributed by atoms with Crippen molar-refractivity contribution in [3.05, 3.63) is 71.0 Å². The number of hydrogen-bond acceptors (Lipinski definition) is 7. The lowest BCUT2D eigenvalue weighted by atomic mass is 10.1. The Morgan fingerprint density at radius 1 is 1.13 bits per heavy atom. The molecule has 0 radical (unpaired) electrons. The molecule has 0 fully saturated rings. The van der Waals surface area contributed by atoms with E-state index in [-0.39, 0.29) is 23.9 Å². The highest BCUT2D eigenvalue weighted by Gasteiger charge is 2.12. The maximum atomic E-state index is 12.3. The van der Waals surface area contributed by atoms with Gasteiger partial charge in [0.05, 0.1) is 42.6 Å². The number of imidazole rings is 1. The van der Waals surface area contributed by atoms with Gasteiger partial charge in [0, 0.05) is 10.9 Å². The number of amides is 1. The Hall–Kier alpha value is -3.17. The number of fused-ring (bicyclic) bond motifs is 1. The zero-order valence-corrected chi connectivity index (χ0v) is 18.4. The summed E-state index contributed by atoms with van der Waals surface area (Å²) in [6.45, 7) is 0.329. The highest BCUT2D eigenvalue weighted by atomic mass is 32.2. The molecule has 0 aliphatic heterocycles. The smallest absolute Gasteiger partial charge is 0.226 e. The summed E-state index contributed by atoms with van der Waals surface area (Å²) in [6.07, 6.45) is 0.184. The molecule has 158 valence electrons. The number of nitrogens with zero attached hydrogens (tertiary/aromatic N) is 2. The second-order valence-corrected chi connectivity index (χ2v) is 8.78. The first kappa shape index (κ1) is 21.1. The van der Waals surface area contributed by atoms with Crippen molar-refractivity contribution in [2.45, 2.75) is 17.3 Å². The van der Waals surface area contributed by atoms with E-state index in [1.807, 2.05) is 29.6 Å². The number of rotatable bonds is 9. The van der Waals surface area contributed by atoms with Crippen LogP contribution in [-0.4, -0.2) is 39.5 Å². The highest BCUT2D eigenvalue weighted by molar-refractivity contribution is 8.01. The monoisotopic (exact) mass is 452 g/mol. The zero-order valence-electron chi connectivity index (χ0n) is 16.8. The maximum Gasteiger partial charge on any atom is 0.226 e. The lowest BCUT2D eigenvalue weighted by molar-refractivity contribution is -0.120. The van der Waals surface area contributed by atoms with Gasteiger partial charge in [0.25, 0.3) is 0 Å². The molecule has 2 aromatic heterocycles. The van der Waals surface area contributed by atoms with Crippen LogP contribution in [0.5, 0.6) is 5.75 Å². The Balaban J connectivity index is 1.25.